The Morgan fingerprint density at radius 3 is 1.67 bits per heavy atom. The second-order valence-corrected chi connectivity index (χ2v) is 7.77. The summed E-state index contributed by atoms with van der Waals surface area (Å²) in [5.74, 6) is 0.895. The van der Waals surface area contributed by atoms with Gasteiger partial charge in [0.15, 0.2) is 0 Å². The SMILES string of the molecule is COc1ccc(C[C@@H]2N(c3ccccc3)C2(c2ccccc2)c2ccccc2)cc1. The van der Waals surface area contributed by atoms with Crippen molar-refractivity contribution in [3.05, 3.63) is 132 Å². The lowest BCUT2D eigenvalue weighted by atomic mass is 9.85. The zero-order valence-corrected chi connectivity index (χ0v) is 17.1. The van der Waals surface area contributed by atoms with Crippen molar-refractivity contribution in [3.8, 4) is 5.75 Å². The van der Waals surface area contributed by atoms with Gasteiger partial charge in [-0.2, -0.15) is 0 Å². The molecule has 4 aromatic rings. The highest BCUT2D eigenvalue weighted by Crippen LogP contribution is 2.58. The molecule has 0 bridgehead atoms. The molecule has 2 nitrogen and oxygen atoms in total. The van der Waals surface area contributed by atoms with Crippen LogP contribution >= 0.6 is 0 Å². The molecule has 5 rings (SSSR count). The van der Waals surface area contributed by atoms with Crippen LogP contribution in [0.4, 0.5) is 5.69 Å². The molecule has 0 aliphatic carbocycles. The average Bonchev–Trinajstić information content (AvgIpc) is 3.50. The highest BCUT2D eigenvalue weighted by molar-refractivity contribution is 5.70. The zero-order chi connectivity index (χ0) is 20.4. The van der Waals surface area contributed by atoms with Gasteiger partial charge < -0.3 is 9.64 Å². The van der Waals surface area contributed by atoms with Crippen molar-refractivity contribution in [1.82, 2.24) is 0 Å². The highest BCUT2D eigenvalue weighted by Gasteiger charge is 2.64. The maximum Gasteiger partial charge on any atom is 0.118 e. The van der Waals surface area contributed by atoms with E-state index in [1.54, 1.807) is 7.11 Å². The molecule has 1 aliphatic heterocycles. The standard InChI is InChI=1S/C28H25NO/c1-30-26-19-17-22(18-20-26)21-27-28(23-11-5-2-6-12-23,24-13-7-3-8-14-24)29(27)25-15-9-4-10-16-25/h2-20,27H,21H2,1H3/t27-,29?/m0/s1. The fourth-order valence-corrected chi connectivity index (χ4v) is 4.76. The van der Waals surface area contributed by atoms with E-state index in [1.807, 2.05) is 0 Å². The van der Waals surface area contributed by atoms with Gasteiger partial charge in [-0.25, -0.2) is 0 Å². The topological polar surface area (TPSA) is 12.2 Å². The number of para-hydroxylation sites is 1. The molecule has 0 unspecified atom stereocenters. The van der Waals surface area contributed by atoms with Crippen molar-refractivity contribution in [3.63, 3.8) is 0 Å². The van der Waals surface area contributed by atoms with Gasteiger partial charge in [0.1, 0.15) is 11.3 Å². The molecule has 0 spiro atoms. The fourth-order valence-electron chi connectivity index (χ4n) is 4.76. The predicted octanol–water partition coefficient (Wildman–Crippen LogP) is 6.07. The van der Waals surface area contributed by atoms with Crippen LogP contribution in [0.25, 0.3) is 0 Å². The third kappa shape index (κ3) is 3.05. The minimum absolute atomic E-state index is 0.177. The largest absolute Gasteiger partial charge is 0.497 e. The Bertz CT molecular complexity index is 1050. The minimum Gasteiger partial charge on any atom is -0.497 e. The van der Waals surface area contributed by atoms with Crippen LogP contribution in [0, 0.1) is 0 Å². The number of rotatable bonds is 6. The quantitative estimate of drug-likeness (QED) is 0.370. The third-order valence-electron chi connectivity index (χ3n) is 6.16. The van der Waals surface area contributed by atoms with Crippen molar-refractivity contribution in [1.29, 1.82) is 0 Å². The van der Waals surface area contributed by atoms with Crippen LogP contribution in [0.5, 0.6) is 5.75 Å². The van der Waals surface area contributed by atoms with E-state index in [4.69, 9.17) is 4.74 Å². The number of anilines is 1. The van der Waals surface area contributed by atoms with E-state index in [9.17, 15) is 0 Å². The summed E-state index contributed by atoms with van der Waals surface area (Å²) in [6.45, 7) is 0. The summed E-state index contributed by atoms with van der Waals surface area (Å²) < 4.78 is 5.35. The fraction of sp³-hybridized carbons (Fsp3) is 0.143. The Hall–Kier alpha value is -3.52. The molecule has 4 aromatic carbocycles. The van der Waals surface area contributed by atoms with Crippen molar-refractivity contribution in [2.75, 3.05) is 12.0 Å². The van der Waals surface area contributed by atoms with Crippen molar-refractivity contribution >= 4 is 5.69 Å². The molecule has 148 valence electrons. The molecular weight excluding hydrogens is 366 g/mol. The summed E-state index contributed by atoms with van der Waals surface area (Å²) in [7, 11) is 1.71. The van der Waals surface area contributed by atoms with Gasteiger partial charge in [0.05, 0.1) is 13.2 Å². The number of hydrogen-bond acceptors (Lipinski definition) is 2. The molecule has 0 radical (unpaired) electrons. The Morgan fingerprint density at radius 2 is 1.17 bits per heavy atom. The molecule has 0 amide bonds. The average molecular weight is 392 g/mol. The van der Waals surface area contributed by atoms with Crippen LogP contribution < -0.4 is 9.64 Å². The number of hydrogen-bond donors (Lipinski definition) is 0. The summed E-state index contributed by atoms with van der Waals surface area (Å²) in [5.41, 5.74) is 5.06. The lowest BCUT2D eigenvalue weighted by molar-refractivity contribution is 0.414. The maximum absolute atomic E-state index is 5.35. The second kappa shape index (κ2) is 7.72. The predicted molar refractivity (Wildman–Crippen MR) is 123 cm³/mol. The van der Waals surface area contributed by atoms with Crippen LogP contribution in [0.1, 0.15) is 16.7 Å². The summed E-state index contributed by atoms with van der Waals surface area (Å²) in [4.78, 5) is 2.57. The van der Waals surface area contributed by atoms with E-state index in [0.29, 0.717) is 6.04 Å². The summed E-state index contributed by atoms with van der Waals surface area (Å²) >= 11 is 0. The van der Waals surface area contributed by atoms with Gasteiger partial charge in [0.25, 0.3) is 0 Å². The van der Waals surface area contributed by atoms with E-state index in [1.165, 1.54) is 22.4 Å². The Morgan fingerprint density at radius 1 is 0.667 bits per heavy atom. The Labute approximate surface area is 178 Å². The molecule has 0 aromatic heterocycles. The molecule has 1 atom stereocenters. The summed E-state index contributed by atoms with van der Waals surface area (Å²) in [5, 5.41) is 0. The van der Waals surface area contributed by atoms with Crippen LogP contribution in [0.3, 0.4) is 0 Å². The van der Waals surface area contributed by atoms with Gasteiger partial charge in [0, 0.05) is 5.69 Å². The molecule has 1 saturated heterocycles. The maximum atomic E-state index is 5.35. The first kappa shape index (κ1) is 18.5. The Kier molecular flexibility index (Phi) is 4.76. The molecule has 0 saturated carbocycles. The van der Waals surface area contributed by atoms with Gasteiger partial charge in [-0.1, -0.05) is 91.0 Å². The molecular formula is C28H25NO. The number of nitrogens with zero attached hydrogens (tertiary/aromatic N) is 1. The van der Waals surface area contributed by atoms with E-state index in [-0.39, 0.29) is 5.54 Å². The molecule has 0 N–H and O–H groups in total. The van der Waals surface area contributed by atoms with Gasteiger partial charge in [-0.05, 0) is 47.4 Å². The lowest BCUT2D eigenvalue weighted by Crippen LogP contribution is -2.19. The minimum atomic E-state index is -0.177. The summed E-state index contributed by atoms with van der Waals surface area (Å²) in [6.07, 6.45) is 0.961. The first-order valence-electron chi connectivity index (χ1n) is 10.4. The van der Waals surface area contributed by atoms with E-state index in [2.05, 4.69) is 120 Å². The summed E-state index contributed by atoms with van der Waals surface area (Å²) in [6, 6.07) is 41.4. The Balaban J connectivity index is 1.63. The van der Waals surface area contributed by atoms with Gasteiger partial charge in [-0.3, -0.25) is 0 Å². The molecule has 30 heavy (non-hydrogen) atoms. The van der Waals surface area contributed by atoms with Crippen LogP contribution in [0.15, 0.2) is 115 Å². The van der Waals surface area contributed by atoms with Crippen molar-refractivity contribution < 1.29 is 4.74 Å². The number of methoxy groups -OCH3 is 1. The van der Waals surface area contributed by atoms with Crippen LogP contribution in [-0.4, -0.2) is 13.2 Å². The first-order valence-corrected chi connectivity index (χ1v) is 10.4. The van der Waals surface area contributed by atoms with Crippen molar-refractivity contribution in [2.24, 2.45) is 0 Å². The van der Waals surface area contributed by atoms with E-state index in [0.717, 1.165) is 12.2 Å². The second-order valence-electron chi connectivity index (χ2n) is 7.77. The molecule has 1 aliphatic rings. The molecule has 2 heteroatoms. The van der Waals surface area contributed by atoms with Gasteiger partial charge in [-0.15, -0.1) is 0 Å². The monoisotopic (exact) mass is 391 g/mol. The lowest BCUT2D eigenvalue weighted by Gasteiger charge is -2.20. The first-order chi connectivity index (χ1) is 14.8. The zero-order valence-electron chi connectivity index (χ0n) is 17.1. The number of ether oxygens (including phenoxy) is 1. The third-order valence-corrected chi connectivity index (χ3v) is 6.16. The highest BCUT2D eigenvalue weighted by atomic mass is 16.5. The van der Waals surface area contributed by atoms with Crippen LogP contribution in [0.2, 0.25) is 0 Å². The van der Waals surface area contributed by atoms with Gasteiger partial charge in [0.2, 0.25) is 0 Å². The normalized spacial score (nSPS) is 16.8. The van der Waals surface area contributed by atoms with Crippen LogP contribution in [-0.2, 0) is 12.0 Å². The van der Waals surface area contributed by atoms with E-state index >= 15 is 0 Å². The van der Waals surface area contributed by atoms with Crippen molar-refractivity contribution in [2.45, 2.75) is 18.0 Å². The van der Waals surface area contributed by atoms with E-state index < -0.39 is 0 Å². The smallest absolute Gasteiger partial charge is 0.118 e. The molecule has 1 fully saturated rings. The number of benzene rings is 4. The van der Waals surface area contributed by atoms with Gasteiger partial charge >= 0.3 is 0 Å². The molecule has 1 heterocycles.